The Kier molecular flexibility index (Phi) is 3.85. The number of ether oxygens (including phenoxy) is 1. The van der Waals surface area contributed by atoms with Crippen LogP contribution in [0, 0.1) is 0 Å². The summed E-state index contributed by atoms with van der Waals surface area (Å²) < 4.78 is 7.90. The fraction of sp³-hybridized carbons (Fsp3) is 0.478. The standard InChI is InChI=1S/C23H26N6O2/c1-23(2,3)31-22(30)29-16-10-17(19(29)15-7-5-4-6-14(15)16)28-12-26-18-20(27-13-8-9-13)24-11-25-21(18)28/h4-7,11-13,16-17,19H,8-10H2,1-3H3,(H,24,25,27)/t16-,17?,19-/m1/s1. The number of carbonyl (C=O) groups excluding carboxylic acids is 1. The van der Waals surface area contributed by atoms with Crippen LogP contribution < -0.4 is 5.32 Å². The molecule has 1 saturated carbocycles. The largest absolute Gasteiger partial charge is 0.444 e. The molecule has 8 heteroatoms. The summed E-state index contributed by atoms with van der Waals surface area (Å²) in [6.45, 7) is 5.71. The Labute approximate surface area is 180 Å². The fourth-order valence-corrected chi connectivity index (χ4v) is 5.01. The predicted octanol–water partition coefficient (Wildman–Crippen LogP) is 4.38. The van der Waals surface area contributed by atoms with Crippen molar-refractivity contribution in [3.63, 3.8) is 0 Å². The van der Waals surface area contributed by atoms with Gasteiger partial charge in [0.25, 0.3) is 0 Å². The van der Waals surface area contributed by atoms with Crippen LogP contribution in [0.3, 0.4) is 0 Å². The van der Waals surface area contributed by atoms with Crippen LogP contribution in [0.15, 0.2) is 36.9 Å². The zero-order valence-corrected chi connectivity index (χ0v) is 17.9. The van der Waals surface area contributed by atoms with E-state index in [0.29, 0.717) is 6.04 Å². The summed E-state index contributed by atoms with van der Waals surface area (Å²) in [7, 11) is 0. The molecule has 1 saturated heterocycles. The molecule has 0 radical (unpaired) electrons. The number of rotatable bonds is 3. The van der Waals surface area contributed by atoms with Crippen LogP contribution in [0.4, 0.5) is 10.6 Å². The van der Waals surface area contributed by atoms with Crippen molar-refractivity contribution in [2.24, 2.45) is 0 Å². The molecule has 1 N–H and O–H groups in total. The highest BCUT2D eigenvalue weighted by Gasteiger charge is 2.54. The van der Waals surface area contributed by atoms with Crippen molar-refractivity contribution < 1.29 is 9.53 Å². The number of nitrogens with zero attached hydrogens (tertiary/aromatic N) is 5. The number of nitrogens with one attached hydrogen (secondary N) is 1. The lowest BCUT2D eigenvalue weighted by atomic mass is 9.88. The van der Waals surface area contributed by atoms with Gasteiger partial charge in [0.2, 0.25) is 0 Å². The Morgan fingerprint density at radius 2 is 1.90 bits per heavy atom. The Hall–Kier alpha value is -3.16. The third kappa shape index (κ3) is 2.96. The average Bonchev–Trinajstić information content (AvgIpc) is 3.19. The van der Waals surface area contributed by atoms with Gasteiger partial charge >= 0.3 is 6.09 Å². The molecule has 4 heterocycles. The van der Waals surface area contributed by atoms with Crippen molar-refractivity contribution in [2.45, 2.75) is 69.8 Å². The van der Waals surface area contributed by atoms with Crippen LogP contribution in [0.5, 0.6) is 0 Å². The number of aromatic nitrogens is 4. The number of carbonyl (C=O) groups is 1. The number of imidazole rings is 1. The normalized spacial score (nSPS) is 24.5. The molecule has 2 aromatic heterocycles. The van der Waals surface area contributed by atoms with E-state index in [1.165, 1.54) is 24.0 Å². The first kappa shape index (κ1) is 18.6. The predicted molar refractivity (Wildman–Crippen MR) is 116 cm³/mol. The first-order valence-corrected chi connectivity index (χ1v) is 10.9. The molecule has 3 aromatic rings. The lowest BCUT2D eigenvalue weighted by Gasteiger charge is -2.29. The van der Waals surface area contributed by atoms with E-state index in [-0.39, 0.29) is 24.2 Å². The molecule has 3 aliphatic rings. The van der Waals surface area contributed by atoms with Crippen molar-refractivity contribution in [1.82, 2.24) is 24.4 Å². The summed E-state index contributed by atoms with van der Waals surface area (Å²) in [6, 6.07) is 8.73. The minimum absolute atomic E-state index is 0.00982. The van der Waals surface area contributed by atoms with Crippen LogP contribution in [0.25, 0.3) is 11.2 Å². The highest BCUT2D eigenvalue weighted by Crippen LogP contribution is 2.58. The Morgan fingerprint density at radius 3 is 2.65 bits per heavy atom. The van der Waals surface area contributed by atoms with E-state index in [1.54, 1.807) is 6.33 Å². The van der Waals surface area contributed by atoms with Gasteiger partial charge in [-0.25, -0.2) is 19.7 Å². The summed E-state index contributed by atoms with van der Waals surface area (Å²) >= 11 is 0. The molecule has 0 spiro atoms. The van der Waals surface area contributed by atoms with Gasteiger partial charge in [-0.3, -0.25) is 4.90 Å². The van der Waals surface area contributed by atoms with Gasteiger partial charge in [0, 0.05) is 6.04 Å². The maximum absolute atomic E-state index is 13.2. The number of amides is 1. The van der Waals surface area contributed by atoms with E-state index in [2.05, 4.69) is 37.0 Å². The van der Waals surface area contributed by atoms with Crippen molar-refractivity contribution in [1.29, 1.82) is 0 Å². The van der Waals surface area contributed by atoms with Crippen molar-refractivity contribution in [3.05, 3.63) is 48.0 Å². The Bertz CT molecular complexity index is 1180. The quantitative estimate of drug-likeness (QED) is 0.679. The van der Waals surface area contributed by atoms with E-state index in [0.717, 1.165) is 23.4 Å². The summed E-state index contributed by atoms with van der Waals surface area (Å²) in [6.07, 6.45) is 6.31. The van der Waals surface area contributed by atoms with Crippen LogP contribution in [-0.2, 0) is 4.74 Å². The molecule has 6 rings (SSSR count). The molecule has 1 unspecified atom stereocenters. The highest BCUT2D eigenvalue weighted by molar-refractivity contribution is 5.83. The summed E-state index contributed by atoms with van der Waals surface area (Å²) in [5.74, 6) is 0.791. The molecule has 31 heavy (non-hydrogen) atoms. The van der Waals surface area contributed by atoms with E-state index in [4.69, 9.17) is 4.74 Å². The molecular weight excluding hydrogens is 392 g/mol. The van der Waals surface area contributed by atoms with E-state index < -0.39 is 5.60 Å². The van der Waals surface area contributed by atoms with Gasteiger partial charge in [0.05, 0.1) is 24.5 Å². The molecule has 1 aliphatic carbocycles. The second kappa shape index (κ2) is 6.42. The number of fused-ring (bicyclic) bond motifs is 6. The van der Waals surface area contributed by atoms with Gasteiger partial charge in [-0.15, -0.1) is 0 Å². The van der Waals surface area contributed by atoms with Crippen molar-refractivity contribution >= 4 is 23.1 Å². The van der Waals surface area contributed by atoms with E-state index in [1.807, 2.05) is 44.1 Å². The number of hydrogen-bond donors (Lipinski definition) is 1. The van der Waals surface area contributed by atoms with Gasteiger partial charge in [-0.1, -0.05) is 24.3 Å². The monoisotopic (exact) mass is 418 g/mol. The smallest absolute Gasteiger partial charge is 0.411 e. The van der Waals surface area contributed by atoms with Gasteiger partial charge in [-0.2, -0.15) is 0 Å². The summed E-state index contributed by atoms with van der Waals surface area (Å²) in [5, 5.41) is 3.45. The summed E-state index contributed by atoms with van der Waals surface area (Å²) in [4.78, 5) is 28.7. The number of anilines is 1. The minimum atomic E-state index is -0.543. The van der Waals surface area contributed by atoms with Crippen LogP contribution >= 0.6 is 0 Å². The van der Waals surface area contributed by atoms with Crippen molar-refractivity contribution in [3.8, 4) is 0 Å². The van der Waals surface area contributed by atoms with Crippen LogP contribution in [0.2, 0.25) is 0 Å². The summed E-state index contributed by atoms with van der Waals surface area (Å²) in [5.41, 5.74) is 3.44. The van der Waals surface area contributed by atoms with Crippen LogP contribution in [0.1, 0.15) is 69.3 Å². The minimum Gasteiger partial charge on any atom is -0.444 e. The fourth-order valence-electron chi connectivity index (χ4n) is 5.01. The van der Waals surface area contributed by atoms with E-state index in [9.17, 15) is 4.79 Å². The van der Waals surface area contributed by atoms with E-state index >= 15 is 0 Å². The van der Waals surface area contributed by atoms with Crippen LogP contribution in [-0.4, -0.2) is 42.2 Å². The second-order valence-electron chi connectivity index (χ2n) is 9.75. The molecular formula is C23H26N6O2. The molecule has 1 amide bonds. The topological polar surface area (TPSA) is 85.2 Å². The second-order valence-corrected chi connectivity index (χ2v) is 9.75. The SMILES string of the molecule is CC(C)(C)OC(=O)N1[C@@H]2CC(n3cnc4c(NC5CC5)ncnc43)[C@H]1c1ccccc12. The zero-order chi connectivity index (χ0) is 21.3. The maximum Gasteiger partial charge on any atom is 0.411 e. The molecule has 1 aromatic carbocycles. The molecule has 2 aliphatic heterocycles. The van der Waals surface area contributed by atoms with Gasteiger partial charge in [-0.05, 0) is 51.2 Å². The third-order valence-electron chi connectivity index (χ3n) is 6.38. The van der Waals surface area contributed by atoms with Gasteiger partial charge in [0.1, 0.15) is 17.4 Å². The Balaban J connectivity index is 1.41. The lowest BCUT2D eigenvalue weighted by molar-refractivity contribution is 0.0165. The van der Waals surface area contributed by atoms with Gasteiger partial charge < -0.3 is 14.6 Å². The number of hydrogen-bond acceptors (Lipinski definition) is 6. The molecule has 8 nitrogen and oxygen atoms in total. The first-order chi connectivity index (χ1) is 14.9. The maximum atomic E-state index is 13.2. The van der Waals surface area contributed by atoms with Crippen molar-refractivity contribution in [2.75, 3.05) is 5.32 Å². The lowest BCUT2D eigenvalue weighted by Crippen LogP contribution is -2.35. The molecule has 160 valence electrons. The first-order valence-electron chi connectivity index (χ1n) is 10.9. The molecule has 3 atom stereocenters. The van der Waals surface area contributed by atoms with Gasteiger partial charge in [0.15, 0.2) is 11.5 Å². The molecule has 2 bridgehead atoms. The highest BCUT2D eigenvalue weighted by atomic mass is 16.6. The number of benzene rings is 1. The Morgan fingerprint density at radius 1 is 1.13 bits per heavy atom. The average molecular weight is 419 g/mol. The third-order valence-corrected chi connectivity index (χ3v) is 6.38. The zero-order valence-electron chi connectivity index (χ0n) is 17.9. The molecule has 2 fully saturated rings.